The molecule has 1 heterocycles. The van der Waals surface area contributed by atoms with Crippen LogP contribution in [0.1, 0.15) is 23.6 Å². The highest BCUT2D eigenvalue weighted by molar-refractivity contribution is 5.85. The van der Waals surface area contributed by atoms with E-state index in [0.717, 1.165) is 37.3 Å². The first-order valence-electron chi connectivity index (χ1n) is 6.57. The van der Waals surface area contributed by atoms with Gasteiger partial charge in [-0.1, -0.05) is 17.7 Å². The molecule has 0 unspecified atom stereocenters. The van der Waals surface area contributed by atoms with Crippen LogP contribution in [0.3, 0.4) is 0 Å². The lowest BCUT2D eigenvalue weighted by atomic mass is 9.98. The van der Waals surface area contributed by atoms with Gasteiger partial charge in [-0.3, -0.25) is 4.90 Å². The molecule has 4 nitrogen and oxygen atoms in total. The average molecular weight is 287 g/mol. The van der Waals surface area contributed by atoms with E-state index in [0.29, 0.717) is 12.2 Å². The first kappa shape index (κ1) is 16.2. The van der Waals surface area contributed by atoms with Crippen molar-refractivity contribution in [2.45, 2.75) is 19.4 Å². The Balaban J connectivity index is 0.00000180. The second kappa shape index (κ2) is 7.70. The number of rotatable bonds is 4. The van der Waals surface area contributed by atoms with E-state index in [-0.39, 0.29) is 25.1 Å². The number of hydrogen-bond donors (Lipinski definition) is 3. The minimum atomic E-state index is 0. The second-order valence-electron chi connectivity index (χ2n) is 4.88. The number of halogens is 1. The number of hydrogen-bond acceptors (Lipinski definition) is 4. The number of aryl methyl sites for hydroxylation is 1. The molecule has 0 spiro atoms. The zero-order valence-corrected chi connectivity index (χ0v) is 12.1. The summed E-state index contributed by atoms with van der Waals surface area (Å²) in [6.45, 7) is 6.01. The highest BCUT2D eigenvalue weighted by Gasteiger charge is 2.23. The third-order valence-electron chi connectivity index (χ3n) is 3.54. The van der Waals surface area contributed by atoms with Gasteiger partial charge < -0.3 is 15.5 Å². The van der Waals surface area contributed by atoms with Crippen molar-refractivity contribution in [3.8, 4) is 5.75 Å². The Morgan fingerprint density at radius 2 is 2.00 bits per heavy atom. The average Bonchev–Trinajstić information content (AvgIpc) is 2.40. The van der Waals surface area contributed by atoms with Gasteiger partial charge in [-0.25, -0.2) is 0 Å². The smallest absolute Gasteiger partial charge is 0.120 e. The molecule has 2 rings (SSSR count). The molecule has 0 aromatic heterocycles. The molecule has 1 aliphatic heterocycles. The molecule has 1 aromatic carbocycles. The summed E-state index contributed by atoms with van der Waals surface area (Å²) in [7, 11) is 0. The molecule has 1 atom stereocenters. The molecule has 1 fully saturated rings. The Morgan fingerprint density at radius 3 is 2.63 bits per heavy atom. The quantitative estimate of drug-likeness (QED) is 0.784. The van der Waals surface area contributed by atoms with Crippen LogP contribution < -0.4 is 5.32 Å². The molecule has 19 heavy (non-hydrogen) atoms. The summed E-state index contributed by atoms with van der Waals surface area (Å²) >= 11 is 0. The van der Waals surface area contributed by atoms with Gasteiger partial charge in [-0.15, -0.1) is 12.4 Å². The van der Waals surface area contributed by atoms with Crippen LogP contribution in [0.4, 0.5) is 0 Å². The first-order valence-corrected chi connectivity index (χ1v) is 6.57. The van der Waals surface area contributed by atoms with Crippen molar-refractivity contribution in [2.24, 2.45) is 0 Å². The van der Waals surface area contributed by atoms with E-state index in [4.69, 9.17) is 0 Å². The lowest BCUT2D eigenvalue weighted by Crippen LogP contribution is -2.45. The Labute approximate surface area is 120 Å². The fourth-order valence-corrected chi connectivity index (χ4v) is 2.59. The van der Waals surface area contributed by atoms with Crippen LogP contribution >= 0.6 is 12.4 Å². The Morgan fingerprint density at radius 1 is 1.32 bits per heavy atom. The maximum Gasteiger partial charge on any atom is 0.120 e. The Kier molecular flexibility index (Phi) is 6.58. The predicted octanol–water partition coefficient (Wildman–Crippen LogP) is 1.45. The summed E-state index contributed by atoms with van der Waals surface area (Å²) in [5.41, 5.74) is 2.08. The number of aliphatic hydroxyl groups is 1. The van der Waals surface area contributed by atoms with Crippen LogP contribution in [0.15, 0.2) is 18.2 Å². The number of nitrogens with one attached hydrogen (secondary N) is 1. The SMILES string of the molecule is Cc1ccc(O)c([C@H](CCO)N2CCNCC2)c1.Cl. The van der Waals surface area contributed by atoms with Gasteiger partial charge in [0.05, 0.1) is 0 Å². The third-order valence-corrected chi connectivity index (χ3v) is 3.54. The lowest BCUT2D eigenvalue weighted by molar-refractivity contribution is 0.139. The molecule has 0 saturated carbocycles. The zero-order valence-electron chi connectivity index (χ0n) is 11.3. The van der Waals surface area contributed by atoms with E-state index in [1.165, 1.54) is 0 Å². The molecule has 1 saturated heterocycles. The van der Waals surface area contributed by atoms with Crippen molar-refractivity contribution in [3.63, 3.8) is 0 Å². The first-order chi connectivity index (χ1) is 8.72. The molecule has 1 aliphatic rings. The van der Waals surface area contributed by atoms with Crippen LogP contribution in [-0.2, 0) is 0 Å². The molecule has 3 N–H and O–H groups in total. The number of piperazine rings is 1. The summed E-state index contributed by atoms with van der Waals surface area (Å²) in [5.74, 6) is 0.331. The minimum Gasteiger partial charge on any atom is -0.508 e. The van der Waals surface area contributed by atoms with Crippen LogP contribution in [0, 0.1) is 6.92 Å². The summed E-state index contributed by atoms with van der Waals surface area (Å²) in [5, 5.41) is 22.6. The van der Waals surface area contributed by atoms with Gasteiger partial charge >= 0.3 is 0 Å². The van der Waals surface area contributed by atoms with E-state index >= 15 is 0 Å². The van der Waals surface area contributed by atoms with Gasteiger partial charge in [0, 0.05) is 44.4 Å². The molecule has 0 bridgehead atoms. The van der Waals surface area contributed by atoms with E-state index in [2.05, 4.69) is 10.2 Å². The highest BCUT2D eigenvalue weighted by Crippen LogP contribution is 2.32. The number of nitrogens with zero attached hydrogens (tertiary/aromatic N) is 1. The van der Waals surface area contributed by atoms with E-state index in [1.54, 1.807) is 6.07 Å². The highest BCUT2D eigenvalue weighted by atomic mass is 35.5. The number of phenolic OH excluding ortho intramolecular Hbond substituents is 1. The summed E-state index contributed by atoms with van der Waals surface area (Å²) in [6, 6.07) is 5.79. The predicted molar refractivity (Wildman–Crippen MR) is 79.0 cm³/mol. The van der Waals surface area contributed by atoms with Crippen LogP contribution in [0.5, 0.6) is 5.75 Å². The Bertz CT molecular complexity index is 395. The zero-order chi connectivity index (χ0) is 13.0. The van der Waals surface area contributed by atoms with Crippen molar-refractivity contribution in [3.05, 3.63) is 29.3 Å². The van der Waals surface area contributed by atoms with Crippen molar-refractivity contribution < 1.29 is 10.2 Å². The third kappa shape index (κ3) is 4.08. The van der Waals surface area contributed by atoms with Crippen molar-refractivity contribution in [1.82, 2.24) is 10.2 Å². The Hall–Kier alpha value is -0.810. The fraction of sp³-hybridized carbons (Fsp3) is 0.571. The number of benzene rings is 1. The van der Waals surface area contributed by atoms with Crippen LogP contribution in [0.2, 0.25) is 0 Å². The topological polar surface area (TPSA) is 55.7 Å². The molecule has 0 radical (unpaired) electrons. The van der Waals surface area contributed by atoms with Crippen LogP contribution in [-0.4, -0.2) is 47.9 Å². The molecule has 5 heteroatoms. The van der Waals surface area contributed by atoms with Crippen molar-refractivity contribution in [2.75, 3.05) is 32.8 Å². The number of aromatic hydroxyl groups is 1. The van der Waals surface area contributed by atoms with Gasteiger partial charge in [0.1, 0.15) is 5.75 Å². The van der Waals surface area contributed by atoms with Gasteiger partial charge in [-0.05, 0) is 19.4 Å². The van der Waals surface area contributed by atoms with Crippen molar-refractivity contribution in [1.29, 1.82) is 0 Å². The fourth-order valence-electron chi connectivity index (χ4n) is 2.59. The largest absolute Gasteiger partial charge is 0.508 e. The summed E-state index contributed by atoms with van der Waals surface area (Å²) < 4.78 is 0. The van der Waals surface area contributed by atoms with Gasteiger partial charge in [0.2, 0.25) is 0 Å². The molecule has 108 valence electrons. The standard InChI is InChI=1S/C14H22N2O2.ClH/c1-11-2-3-14(18)12(10-11)13(4-9-17)16-7-5-15-6-8-16;/h2-3,10,13,15,17-18H,4-9H2,1H3;1H/t13-;/m0./s1. The summed E-state index contributed by atoms with van der Waals surface area (Å²) in [4.78, 5) is 2.33. The molecular weight excluding hydrogens is 264 g/mol. The maximum atomic E-state index is 10.0. The van der Waals surface area contributed by atoms with Crippen LogP contribution in [0.25, 0.3) is 0 Å². The molecule has 1 aromatic rings. The maximum absolute atomic E-state index is 10.0. The second-order valence-corrected chi connectivity index (χ2v) is 4.88. The summed E-state index contributed by atoms with van der Waals surface area (Å²) in [6.07, 6.45) is 0.664. The van der Waals surface area contributed by atoms with E-state index in [1.807, 2.05) is 19.1 Å². The normalized spacial score (nSPS) is 17.8. The molecule has 0 aliphatic carbocycles. The van der Waals surface area contributed by atoms with Gasteiger partial charge in [0.25, 0.3) is 0 Å². The number of aliphatic hydroxyl groups excluding tert-OH is 1. The van der Waals surface area contributed by atoms with Gasteiger partial charge in [0.15, 0.2) is 0 Å². The monoisotopic (exact) mass is 286 g/mol. The van der Waals surface area contributed by atoms with E-state index in [9.17, 15) is 10.2 Å². The lowest BCUT2D eigenvalue weighted by Gasteiger charge is -2.35. The minimum absolute atomic E-state index is 0. The van der Waals surface area contributed by atoms with Gasteiger partial charge in [-0.2, -0.15) is 0 Å². The molecule has 0 amide bonds. The number of phenols is 1. The molecular formula is C14H23ClN2O2. The van der Waals surface area contributed by atoms with E-state index < -0.39 is 0 Å². The van der Waals surface area contributed by atoms with Crippen molar-refractivity contribution >= 4 is 12.4 Å².